The van der Waals surface area contributed by atoms with Crippen LogP contribution in [0, 0.1) is 0 Å². The first kappa shape index (κ1) is 23.1. The molecule has 2 aromatic heterocycles. The molecule has 0 aliphatic carbocycles. The molecular weight excluding hydrogens is 460 g/mol. The second-order valence-electron chi connectivity index (χ2n) is 7.15. The van der Waals surface area contributed by atoms with Gasteiger partial charge >= 0.3 is 0 Å². The molecule has 0 aliphatic rings. The highest BCUT2D eigenvalue weighted by atomic mass is 35.5. The van der Waals surface area contributed by atoms with Gasteiger partial charge in [-0.3, -0.25) is 9.36 Å². The van der Waals surface area contributed by atoms with Crippen LogP contribution >= 0.6 is 23.4 Å². The minimum atomic E-state index is -0.119. The van der Waals surface area contributed by atoms with E-state index in [0.29, 0.717) is 35.6 Å². The summed E-state index contributed by atoms with van der Waals surface area (Å²) in [6.07, 6.45) is 0. The van der Waals surface area contributed by atoms with Gasteiger partial charge in [-0.2, -0.15) is 0 Å². The Bertz CT molecular complexity index is 1190. The number of furan rings is 1. The molecule has 4 aromatic rings. The Morgan fingerprint density at radius 3 is 2.61 bits per heavy atom. The Balaban J connectivity index is 1.34. The molecule has 33 heavy (non-hydrogen) atoms. The number of hydrogen-bond acceptors (Lipinski definition) is 6. The lowest BCUT2D eigenvalue weighted by Crippen LogP contribution is -2.24. The third kappa shape index (κ3) is 6.04. The Hall–Kier alpha value is -3.07. The maximum Gasteiger partial charge on any atom is 0.230 e. The normalized spacial score (nSPS) is 11.0. The lowest BCUT2D eigenvalue weighted by Gasteiger charge is -2.09. The lowest BCUT2D eigenvalue weighted by molar-refractivity contribution is -0.118. The molecule has 0 bridgehead atoms. The first-order valence-electron chi connectivity index (χ1n) is 10.4. The molecule has 0 fully saturated rings. The molecule has 0 atom stereocenters. The van der Waals surface area contributed by atoms with Gasteiger partial charge in [0.25, 0.3) is 0 Å². The number of nitrogens with one attached hydrogen (secondary N) is 1. The molecule has 0 saturated carbocycles. The SMILES string of the molecule is COCCn1c(SCC(=O)NCc2ccc(-c3ccc(Cl)cc3)o2)nnc1-c1ccccc1. The predicted octanol–water partition coefficient (Wildman–Crippen LogP) is 4.91. The number of aromatic nitrogens is 3. The fraction of sp³-hybridized carbons (Fsp3) is 0.208. The Kier molecular flexibility index (Phi) is 7.83. The van der Waals surface area contributed by atoms with Gasteiger partial charge in [-0.05, 0) is 36.4 Å². The maximum absolute atomic E-state index is 12.4. The fourth-order valence-corrected chi connectivity index (χ4v) is 4.11. The van der Waals surface area contributed by atoms with E-state index in [9.17, 15) is 4.79 Å². The molecule has 0 unspecified atom stereocenters. The van der Waals surface area contributed by atoms with Gasteiger partial charge in [-0.25, -0.2) is 0 Å². The van der Waals surface area contributed by atoms with Crippen molar-refractivity contribution in [3.05, 3.63) is 77.5 Å². The monoisotopic (exact) mass is 482 g/mol. The van der Waals surface area contributed by atoms with Crippen LogP contribution in [-0.4, -0.2) is 40.1 Å². The fourth-order valence-electron chi connectivity index (χ4n) is 3.19. The zero-order valence-corrected chi connectivity index (χ0v) is 19.6. The van der Waals surface area contributed by atoms with Crippen LogP contribution in [0.3, 0.4) is 0 Å². The lowest BCUT2D eigenvalue weighted by atomic mass is 10.2. The highest BCUT2D eigenvalue weighted by Crippen LogP contribution is 2.25. The number of rotatable bonds is 10. The Morgan fingerprint density at radius 2 is 1.85 bits per heavy atom. The first-order valence-corrected chi connectivity index (χ1v) is 11.7. The van der Waals surface area contributed by atoms with Crippen molar-refractivity contribution in [1.82, 2.24) is 20.1 Å². The molecular formula is C24H23ClN4O3S. The average Bonchev–Trinajstić information content (AvgIpc) is 3.48. The number of benzene rings is 2. The topological polar surface area (TPSA) is 82.2 Å². The third-order valence-corrected chi connectivity index (χ3v) is 6.07. The second kappa shape index (κ2) is 11.2. The van der Waals surface area contributed by atoms with E-state index in [4.69, 9.17) is 20.8 Å². The van der Waals surface area contributed by atoms with E-state index in [-0.39, 0.29) is 11.7 Å². The van der Waals surface area contributed by atoms with Crippen LogP contribution in [-0.2, 0) is 22.6 Å². The van der Waals surface area contributed by atoms with Gasteiger partial charge in [-0.1, -0.05) is 53.7 Å². The summed E-state index contributed by atoms with van der Waals surface area (Å²) in [7, 11) is 1.65. The van der Waals surface area contributed by atoms with E-state index in [2.05, 4.69) is 15.5 Å². The van der Waals surface area contributed by atoms with Crippen molar-refractivity contribution < 1.29 is 13.9 Å². The van der Waals surface area contributed by atoms with Crippen LogP contribution in [0.25, 0.3) is 22.7 Å². The number of ether oxygens (including phenoxy) is 1. The van der Waals surface area contributed by atoms with Crippen molar-refractivity contribution >= 4 is 29.3 Å². The highest BCUT2D eigenvalue weighted by molar-refractivity contribution is 7.99. The molecule has 1 N–H and O–H groups in total. The average molecular weight is 483 g/mol. The van der Waals surface area contributed by atoms with E-state index in [1.54, 1.807) is 7.11 Å². The quantitative estimate of drug-likeness (QED) is 0.323. The van der Waals surface area contributed by atoms with E-state index < -0.39 is 0 Å². The summed E-state index contributed by atoms with van der Waals surface area (Å²) in [6.45, 7) is 1.42. The third-order valence-electron chi connectivity index (χ3n) is 4.85. The van der Waals surface area contributed by atoms with E-state index in [1.165, 1.54) is 11.8 Å². The summed E-state index contributed by atoms with van der Waals surface area (Å²) in [6, 6.07) is 21.0. The summed E-state index contributed by atoms with van der Waals surface area (Å²) in [5.74, 6) is 2.25. The number of nitrogens with zero attached hydrogens (tertiary/aromatic N) is 3. The molecule has 2 heterocycles. The van der Waals surface area contributed by atoms with Crippen LogP contribution in [0.1, 0.15) is 5.76 Å². The smallest absolute Gasteiger partial charge is 0.230 e. The molecule has 4 rings (SSSR count). The van der Waals surface area contributed by atoms with Gasteiger partial charge in [0, 0.05) is 23.3 Å². The number of carbonyl (C=O) groups is 1. The summed E-state index contributed by atoms with van der Waals surface area (Å²) in [5.41, 5.74) is 1.89. The summed E-state index contributed by atoms with van der Waals surface area (Å²) >= 11 is 7.27. The van der Waals surface area contributed by atoms with Crippen LogP contribution in [0.5, 0.6) is 0 Å². The van der Waals surface area contributed by atoms with Crippen molar-refractivity contribution in [2.24, 2.45) is 0 Å². The number of amides is 1. The van der Waals surface area contributed by atoms with Gasteiger partial charge in [0.05, 0.1) is 25.4 Å². The Labute approximate surface area is 201 Å². The number of carbonyl (C=O) groups excluding carboxylic acids is 1. The van der Waals surface area contributed by atoms with Crippen molar-refractivity contribution in [3.8, 4) is 22.7 Å². The molecule has 2 aromatic carbocycles. The molecule has 9 heteroatoms. The van der Waals surface area contributed by atoms with Gasteiger partial charge in [0.2, 0.25) is 5.91 Å². The van der Waals surface area contributed by atoms with Crippen molar-refractivity contribution in [1.29, 1.82) is 0 Å². The van der Waals surface area contributed by atoms with E-state index in [0.717, 1.165) is 22.7 Å². The van der Waals surface area contributed by atoms with Gasteiger partial charge in [-0.15, -0.1) is 10.2 Å². The summed E-state index contributed by atoms with van der Waals surface area (Å²) in [4.78, 5) is 12.4. The molecule has 7 nitrogen and oxygen atoms in total. The summed E-state index contributed by atoms with van der Waals surface area (Å²) < 4.78 is 13.0. The molecule has 0 radical (unpaired) electrons. The first-order chi connectivity index (χ1) is 16.1. The second-order valence-corrected chi connectivity index (χ2v) is 8.53. The van der Waals surface area contributed by atoms with Crippen LogP contribution in [0.4, 0.5) is 0 Å². The van der Waals surface area contributed by atoms with E-state index in [1.807, 2.05) is 71.3 Å². The zero-order valence-electron chi connectivity index (χ0n) is 18.0. The molecule has 0 aliphatic heterocycles. The highest BCUT2D eigenvalue weighted by Gasteiger charge is 2.16. The minimum Gasteiger partial charge on any atom is -0.459 e. The number of methoxy groups -OCH3 is 1. The number of thioether (sulfide) groups is 1. The minimum absolute atomic E-state index is 0.119. The van der Waals surface area contributed by atoms with Crippen molar-refractivity contribution in [2.75, 3.05) is 19.5 Å². The predicted molar refractivity (Wildman–Crippen MR) is 129 cm³/mol. The number of halogens is 1. The number of hydrogen-bond donors (Lipinski definition) is 1. The molecule has 170 valence electrons. The van der Waals surface area contributed by atoms with Gasteiger partial charge < -0.3 is 14.5 Å². The largest absolute Gasteiger partial charge is 0.459 e. The van der Waals surface area contributed by atoms with Crippen LogP contribution in [0.15, 0.2) is 76.3 Å². The van der Waals surface area contributed by atoms with Crippen LogP contribution < -0.4 is 5.32 Å². The maximum atomic E-state index is 12.4. The molecule has 0 saturated heterocycles. The van der Waals surface area contributed by atoms with Gasteiger partial charge in [0.15, 0.2) is 11.0 Å². The standard InChI is InChI=1S/C24H23ClN4O3S/c1-31-14-13-29-23(18-5-3-2-4-6-18)27-28-24(29)33-16-22(30)26-15-20-11-12-21(32-20)17-7-9-19(25)10-8-17/h2-12H,13-16H2,1H3,(H,26,30). The molecule has 0 spiro atoms. The Morgan fingerprint density at radius 1 is 1.06 bits per heavy atom. The van der Waals surface area contributed by atoms with Crippen molar-refractivity contribution in [3.63, 3.8) is 0 Å². The van der Waals surface area contributed by atoms with Crippen LogP contribution in [0.2, 0.25) is 5.02 Å². The molecule has 1 amide bonds. The van der Waals surface area contributed by atoms with Crippen molar-refractivity contribution in [2.45, 2.75) is 18.2 Å². The van der Waals surface area contributed by atoms with Gasteiger partial charge in [0.1, 0.15) is 11.5 Å². The summed E-state index contributed by atoms with van der Waals surface area (Å²) in [5, 5.41) is 12.8. The zero-order chi connectivity index (χ0) is 23.0. The van der Waals surface area contributed by atoms with E-state index >= 15 is 0 Å².